The molecule has 1 aromatic rings. The average Bonchev–Trinajstić information content (AvgIpc) is 2.91. The molecule has 0 atom stereocenters. The van der Waals surface area contributed by atoms with Crippen LogP contribution in [0.25, 0.3) is 0 Å². The minimum Gasteiger partial charge on any atom is -0.351 e. The Morgan fingerprint density at radius 2 is 1.90 bits per heavy atom. The highest BCUT2D eigenvalue weighted by Crippen LogP contribution is 2.30. The largest absolute Gasteiger partial charge is 0.351 e. The number of likely N-dealkylation sites (tertiary alicyclic amines) is 1. The number of hydrogen-bond acceptors (Lipinski definition) is 5. The lowest BCUT2D eigenvalue weighted by Gasteiger charge is -2.40. The molecule has 1 saturated carbocycles. The highest BCUT2D eigenvalue weighted by Gasteiger charge is 2.44. The zero-order chi connectivity index (χ0) is 14.2. The number of aromatic nitrogens is 1. The first kappa shape index (κ1) is 13.6. The van der Waals surface area contributed by atoms with Crippen LogP contribution in [0.1, 0.15) is 42.7 Å². The van der Waals surface area contributed by atoms with E-state index in [4.69, 9.17) is 4.52 Å². The maximum Gasteiger partial charge on any atom is 0.292 e. The smallest absolute Gasteiger partial charge is 0.292 e. The summed E-state index contributed by atoms with van der Waals surface area (Å²) in [4.78, 5) is 13.4. The molecule has 3 rings (SSSR count). The molecule has 2 heterocycles. The first-order valence-corrected chi connectivity index (χ1v) is 8.62. The van der Waals surface area contributed by atoms with Gasteiger partial charge in [0, 0.05) is 19.2 Å². The van der Waals surface area contributed by atoms with Crippen molar-refractivity contribution in [3.05, 3.63) is 18.0 Å². The molecule has 110 valence electrons. The Labute approximate surface area is 118 Å². The average molecular weight is 298 g/mol. The van der Waals surface area contributed by atoms with Crippen molar-refractivity contribution in [3.63, 3.8) is 0 Å². The fraction of sp³-hybridized carbons (Fsp3) is 0.692. The molecule has 0 unspecified atom stereocenters. The minimum atomic E-state index is -3.10. The fourth-order valence-electron chi connectivity index (χ4n) is 2.96. The molecular formula is C13H18N2O4S. The number of sulfone groups is 1. The predicted octanol–water partition coefficient (Wildman–Crippen LogP) is 1.25. The lowest BCUT2D eigenvalue weighted by atomic mass is 10.0. The van der Waals surface area contributed by atoms with Crippen molar-refractivity contribution in [2.75, 3.05) is 13.1 Å². The van der Waals surface area contributed by atoms with E-state index in [2.05, 4.69) is 5.16 Å². The van der Waals surface area contributed by atoms with E-state index >= 15 is 0 Å². The molecule has 20 heavy (non-hydrogen) atoms. The normalized spacial score (nSPS) is 21.7. The number of rotatable bonds is 3. The fourth-order valence-corrected chi connectivity index (χ4v) is 5.27. The highest BCUT2D eigenvalue weighted by molar-refractivity contribution is 7.92. The third-order valence-electron chi connectivity index (χ3n) is 4.27. The van der Waals surface area contributed by atoms with Gasteiger partial charge in [-0.15, -0.1) is 0 Å². The molecule has 1 aromatic heterocycles. The SMILES string of the molecule is O=C(c1ccno1)N1CC(S(=O)(=O)C2CCCCC2)C1. The number of nitrogens with zero attached hydrogens (tertiary/aromatic N) is 2. The Morgan fingerprint density at radius 1 is 1.20 bits per heavy atom. The third-order valence-corrected chi connectivity index (χ3v) is 6.89. The quantitative estimate of drug-likeness (QED) is 0.839. The molecule has 0 spiro atoms. The molecule has 1 aliphatic carbocycles. The summed E-state index contributed by atoms with van der Waals surface area (Å²) in [6.07, 6.45) is 6.08. The molecule has 7 heteroatoms. The standard InChI is InChI=1S/C13H18N2O4S/c16-13(12-6-7-14-19-12)15-8-11(9-15)20(17,18)10-4-2-1-3-5-10/h6-7,10-11H,1-5,8-9H2. The van der Waals surface area contributed by atoms with Gasteiger partial charge in [-0.3, -0.25) is 4.79 Å². The summed E-state index contributed by atoms with van der Waals surface area (Å²) in [5, 5.41) is 2.87. The summed E-state index contributed by atoms with van der Waals surface area (Å²) < 4.78 is 29.7. The second-order valence-electron chi connectivity index (χ2n) is 5.56. The first-order valence-electron chi connectivity index (χ1n) is 7.01. The Balaban J connectivity index is 1.61. The Morgan fingerprint density at radius 3 is 2.50 bits per heavy atom. The van der Waals surface area contributed by atoms with Crippen molar-refractivity contribution in [1.29, 1.82) is 0 Å². The Bertz CT molecular complexity index is 570. The van der Waals surface area contributed by atoms with E-state index in [1.807, 2.05) is 0 Å². The van der Waals surface area contributed by atoms with Crippen LogP contribution < -0.4 is 0 Å². The van der Waals surface area contributed by atoms with Gasteiger partial charge < -0.3 is 9.42 Å². The lowest BCUT2D eigenvalue weighted by Crippen LogP contribution is -2.58. The van der Waals surface area contributed by atoms with E-state index in [0.29, 0.717) is 0 Å². The molecule has 0 N–H and O–H groups in total. The van der Waals surface area contributed by atoms with Gasteiger partial charge in [-0.25, -0.2) is 8.42 Å². The van der Waals surface area contributed by atoms with Crippen LogP contribution >= 0.6 is 0 Å². The van der Waals surface area contributed by atoms with Crippen LogP contribution in [0.5, 0.6) is 0 Å². The van der Waals surface area contributed by atoms with Crippen LogP contribution in [0.3, 0.4) is 0 Å². The van der Waals surface area contributed by atoms with E-state index in [1.165, 1.54) is 17.2 Å². The first-order chi connectivity index (χ1) is 9.59. The molecule has 1 aliphatic heterocycles. The van der Waals surface area contributed by atoms with E-state index < -0.39 is 15.1 Å². The van der Waals surface area contributed by atoms with Gasteiger partial charge >= 0.3 is 0 Å². The van der Waals surface area contributed by atoms with E-state index in [1.54, 1.807) is 0 Å². The van der Waals surface area contributed by atoms with Crippen LogP contribution in [0.2, 0.25) is 0 Å². The molecule has 0 aromatic carbocycles. The summed E-state index contributed by atoms with van der Waals surface area (Å²) >= 11 is 0. The van der Waals surface area contributed by atoms with E-state index in [-0.39, 0.29) is 30.0 Å². The van der Waals surface area contributed by atoms with Gasteiger partial charge in [0.05, 0.1) is 16.7 Å². The third kappa shape index (κ3) is 2.34. The monoisotopic (exact) mass is 298 g/mol. The van der Waals surface area contributed by atoms with Crippen molar-refractivity contribution in [2.24, 2.45) is 0 Å². The van der Waals surface area contributed by atoms with Crippen molar-refractivity contribution < 1.29 is 17.7 Å². The van der Waals surface area contributed by atoms with E-state index in [0.717, 1.165) is 32.1 Å². The van der Waals surface area contributed by atoms with Gasteiger partial charge in [0.25, 0.3) is 5.91 Å². The summed E-state index contributed by atoms with van der Waals surface area (Å²) in [5.74, 6) is -0.115. The minimum absolute atomic E-state index is 0.165. The summed E-state index contributed by atoms with van der Waals surface area (Å²) in [7, 11) is -3.10. The Kier molecular flexibility index (Phi) is 3.54. The predicted molar refractivity (Wildman–Crippen MR) is 72.0 cm³/mol. The zero-order valence-corrected chi connectivity index (χ0v) is 12.0. The lowest BCUT2D eigenvalue weighted by molar-refractivity contribution is 0.0615. The topological polar surface area (TPSA) is 80.5 Å². The highest BCUT2D eigenvalue weighted by atomic mass is 32.2. The number of hydrogen-bond donors (Lipinski definition) is 0. The molecule has 6 nitrogen and oxygen atoms in total. The second kappa shape index (κ2) is 5.20. The molecule has 1 saturated heterocycles. The van der Waals surface area contributed by atoms with Gasteiger partial charge in [-0.2, -0.15) is 0 Å². The number of amides is 1. The molecule has 1 amide bonds. The van der Waals surface area contributed by atoms with Gasteiger partial charge in [0.1, 0.15) is 0 Å². The number of carbonyl (C=O) groups excluding carboxylic acids is 1. The van der Waals surface area contributed by atoms with Gasteiger partial charge in [-0.1, -0.05) is 24.4 Å². The van der Waals surface area contributed by atoms with Crippen LogP contribution in [-0.4, -0.2) is 48.0 Å². The van der Waals surface area contributed by atoms with Gasteiger partial charge in [-0.05, 0) is 12.8 Å². The molecule has 0 bridgehead atoms. The summed E-state index contributed by atoms with van der Waals surface area (Å²) in [6.45, 7) is 0.552. The summed E-state index contributed by atoms with van der Waals surface area (Å²) in [6, 6.07) is 1.49. The van der Waals surface area contributed by atoms with E-state index in [9.17, 15) is 13.2 Å². The Hall–Kier alpha value is -1.37. The van der Waals surface area contributed by atoms with Crippen molar-refractivity contribution in [1.82, 2.24) is 10.1 Å². The molecule has 2 fully saturated rings. The molecule has 0 radical (unpaired) electrons. The zero-order valence-electron chi connectivity index (χ0n) is 11.2. The maximum atomic E-state index is 12.4. The van der Waals surface area contributed by atoms with Crippen LogP contribution in [0, 0.1) is 0 Å². The second-order valence-corrected chi connectivity index (χ2v) is 8.07. The van der Waals surface area contributed by atoms with Crippen molar-refractivity contribution >= 4 is 15.7 Å². The number of carbonyl (C=O) groups is 1. The van der Waals surface area contributed by atoms with Crippen molar-refractivity contribution in [3.8, 4) is 0 Å². The van der Waals surface area contributed by atoms with Gasteiger partial charge in [0.15, 0.2) is 9.84 Å². The van der Waals surface area contributed by atoms with Crippen LogP contribution in [0.15, 0.2) is 16.8 Å². The van der Waals surface area contributed by atoms with Crippen LogP contribution in [-0.2, 0) is 9.84 Å². The summed E-state index contributed by atoms with van der Waals surface area (Å²) in [5.41, 5.74) is 0. The van der Waals surface area contributed by atoms with Crippen LogP contribution in [0.4, 0.5) is 0 Å². The molecule has 2 aliphatic rings. The van der Waals surface area contributed by atoms with Crippen molar-refractivity contribution in [2.45, 2.75) is 42.6 Å². The maximum absolute atomic E-state index is 12.4. The van der Waals surface area contributed by atoms with Gasteiger partial charge in [0.2, 0.25) is 5.76 Å². The molecular weight excluding hydrogens is 280 g/mol.